The summed E-state index contributed by atoms with van der Waals surface area (Å²) in [7, 11) is 0. The summed E-state index contributed by atoms with van der Waals surface area (Å²) < 4.78 is 0. The van der Waals surface area contributed by atoms with E-state index in [1.54, 1.807) is 0 Å². The smallest absolute Gasteiger partial charge is 0.0610 e. The van der Waals surface area contributed by atoms with E-state index in [0.717, 1.165) is 11.8 Å². The van der Waals surface area contributed by atoms with Crippen molar-refractivity contribution in [3.63, 3.8) is 0 Å². The van der Waals surface area contributed by atoms with Crippen LogP contribution < -0.4 is 0 Å². The topological polar surface area (TPSA) is 3.24 Å². The maximum atomic E-state index is 3.10. The summed E-state index contributed by atoms with van der Waals surface area (Å²) in [4.78, 5) is 2.56. The lowest BCUT2D eigenvalue weighted by Gasteiger charge is -2.46. The molecule has 2 aliphatic rings. The van der Waals surface area contributed by atoms with Gasteiger partial charge in [0.1, 0.15) is 0 Å². The van der Waals surface area contributed by atoms with Crippen LogP contribution >= 0.6 is 0 Å². The number of hydrogen-bond acceptors (Lipinski definition) is 1. The van der Waals surface area contributed by atoms with Gasteiger partial charge in [0.05, 0.1) is 6.04 Å². The molecule has 0 aromatic carbocycles. The van der Waals surface area contributed by atoms with Gasteiger partial charge in [-0.3, -0.25) is 4.90 Å². The van der Waals surface area contributed by atoms with Crippen LogP contribution in [0, 0.1) is 11.8 Å². The van der Waals surface area contributed by atoms with Gasteiger partial charge in [-0.05, 0) is 24.0 Å². The third-order valence-corrected chi connectivity index (χ3v) is 3.74. The SMILES string of the molecule is CCC[C@@H](CC)C1CN(C2C=C=C2)C1. The molecular formula is C13H21N. The van der Waals surface area contributed by atoms with Crippen LogP contribution in [0.1, 0.15) is 33.1 Å². The minimum Gasteiger partial charge on any atom is -0.292 e. The Morgan fingerprint density at radius 2 is 2.07 bits per heavy atom. The summed E-state index contributed by atoms with van der Waals surface area (Å²) in [6, 6.07) is 0.630. The average Bonchev–Trinajstić information content (AvgIpc) is 2.04. The predicted octanol–water partition coefficient (Wildman–Crippen LogP) is 2.84. The Labute approximate surface area is 87.5 Å². The van der Waals surface area contributed by atoms with Gasteiger partial charge in [0, 0.05) is 13.1 Å². The van der Waals surface area contributed by atoms with Gasteiger partial charge in [-0.1, -0.05) is 33.1 Å². The number of rotatable bonds is 5. The summed E-state index contributed by atoms with van der Waals surface area (Å²) >= 11 is 0. The molecule has 1 heteroatoms. The fourth-order valence-electron chi connectivity index (χ4n) is 2.63. The molecule has 0 unspecified atom stereocenters. The van der Waals surface area contributed by atoms with E-state index in [-0.39, 0.29) is 0 Å². The van der Waals surface area contributed by atoms with E-state index >= 15 is 0 Å². The minimum absolute atomic E-state index is 0.630. The van der Waals surface area contributed by atoms with Crippen molar-refractivity contribution in [2.45, 2.75) is 39.2 Å². The second-order valence-corrected chi connectivity index (χ2v) is 4.66. The van der Waals surface area contributed by atoms with Crippen LogP contribution in [-0.2, 0) is 0 Å². The molecule has 1 saturated heterocycles. The van der Waals surface area contributed by atoms with Gasteiger partial charge in [-0.25, -0.2) is 0 Å². The fourth-order valence-corrected chi connectivity index (χ4v) is 2.63. The Morgan fingerprint density at radius 1 is 1.36 bits per heavy atom. The predicted molar refractivity (Wildman–Crippen MR) is 60.2 cm³/mol. The van der Waals surface area contributed by atoms with Crippen LogP contribution in [0.2, 0.25) is 0 Å². The van der Waals surface area contributed by atoms with Gasteiger partial charge in [-0.2, -0.15) is 0 Å². The molecular weight excluding hydrogens is 170 g/mol. The standard InChI is InChI=1S/C13H21N/c1-3-6-11(4-2)12-9-14(10-12)13-7-5-8-13/h7-8,11-13H,3-4,6,9-10H2,1-2H3/t11-/m1/s1. The maximum absolute atomic E-state index is 3.10. The normalized spacial score (nSPS) is 24.7. The molecule has 1 heterocycles. The van der Waals surface area contributed by atoms with Crippen molar-refractivity contribution >= 4 is 0 Å². The molecule has 0 amide bonds. The molecule has 0 saturated carbocycles. The zero-order valence-electron chi connectivity index (χ0n) is 9.37. The molecule has 78 valence electrons. The first-order chi connectivity index (χ1) is 6.85. The summed E-state index contributed by atoms with van der Waals surface area (Å²) in [6.45, 7) is 7.28. The lowest BCUT2D eigenvalue weighted by molar-refractivity contribution is 0.0414. The molecule has 2 rings (SSSR count). The molecule has 0 aromatic rings. The minimum atomic E-state index is 0.630. The third-order valence-electron chi connectivity index (χ3n) is 3.74. The number of hydrogen-bond donors (Lipinski definition) is 0. The van der Waals surface area contributed by atoms with Crippen molar-refractivity contribution < 1.29 is 0 Å². The van der Waals surface area contributed by atoms with Gasteiger partial charge >= 0.3 is 0 Å². The lowest BCUT2D eigenvalue weighted by Crippen LogP contribution is -2.54. The van der Waals surface area contributed by atoms with Crippen LogP contribution in [0.5, 0.6) is 0 Å². The van der Waals surface area contributed by atoms with Crippen LogP contribution in [0.15, 0.2) is 17.9 Å². The van der Waals surface area contributed by atoms with Crippen LogP contribution in [0.3, 0.4) is 0 Å². The first-order valence-corrected chi connectivity index (χ1v) is 6.02. The van der Waals surface area contributed by atoms with Crippen LogP contribution in [0.25, 0.3) is 0 Å². The first-order valence-electron chi connectivity index (χ1n) is 6.02. The summed E-state index contributed by atoms with van der Waals surface area (Å²) in [5, 5.41) is 0. The Kier molecular flexibility index (Phi) is 3.10. The molecule has 0 spiro atoms. The first kappa shape index (κ1) is 10.0. The summed E-state index contributed by atoms with van der Waals surface area (Å²) in [5.74, 6) is 1.95. The van der Waals surface area contributed by atoms with Gasteiger partial charge in [-0.15, -0.1) is 5.73 Å². The Morgan fingerprint density at radius 3 is 2.50 bits per heavy atom. The molecule has 0 bridgehead atoms. The highest BCUT2D eigenvalue weighted by atomic mass is 15.2. The van der Waals surface area contributed by atoms with Crippen LogP contribution in [-0.4, -0.2) is 24.0 Å². The van der Waals surface area contributed by atoms with Crippen LogP contribution in [0.4, 0.5) is 0 Å². The molecule has 1 aliphatic carbocycles. The Balaban J connectivity index is 1.72. The van der Waals surface area contributed by atoms with E-state index in [9.17, 15) is 0 Å². The van der Waals surface area contributed by atoms with Gasteiger partial charge in [0.2, 0.25) is 0 Å². The van der Waals surface area contributed by atoms with Crippen molar-refractivity contribution in [1.29, 1.82) is 0 Å². The monoisotopic (exact) mass is 191 g/mol. The lowest BCUT2D eigenvalue weighted by atomic mass is 9.80. The van der Waals surface area contributed by atoms with E-state index in [0.29, 0.717) is 6.04 Å². The zero-order chi connectivity index (χ0) is 9.97. The van der Waals surface area contributed by atoms with Gasteiger partial charge in [0.15, 0.2) is 0 Å². The molecule has 1 aliphatic heterocycles. The molecule has 1 fully saturated rings. The van der Waals surface area contributed by atoms with Crippen molar-refractivity contribution in [3.05, 3.63) is 17.9 Å². The Bertz CT molecular complexity index is 236. The highest BCUT2D eigenvalue weighted by Gasteiger charge is 2.35. The van der Waals surface area contributed by atoms with Crippen molar-refractivity contribution in [1.82, 2.24) is 4.90 Å². The molecule has 0 radical (unpaired) electrons. The average molecular weight is 191 g/mol. The maximum Gasteiger partial charge on any atom is 0.0610 e. The second-order valence-electron chi connectivity index (χ2n) is 4.66. The number of likely N-dealkylation sites (tertiary alicyclic amines) is 1. The van der Waals surface area contributed by atoms with Crippen molar-refractivity contribution in [3.8, 4) is 0 Å². The van der Waals surface area contributed by atoms with Gasteiger partial charge in [0.25, 0.3) is 0 Å². The highest BCUT2D eigenvalue weighted by molar-refractivity contribution is 5.16. The summed E-state index contributed by atoms with van der Waals surface area (Å²) in [5.41, 5.74) is 3.10. The van der Waals surface area contributed by atoms with Crippen molar-refractivity contribution in [2.75, 3.05) is 13.1 Å². The molecule has 0 N–H and O–H groups in total. The van der Waals surface area contributed by atoms with Crippen molar-refractivity contribution in [2.24, 2.45) is 11.8 Å². The second kappa shape index (κ2) is 4.33. The van der Waals surface area contributed by atoms with Gasteiger partial charge < -0.3 is 0 Å². The third kappa shape index (κ3) is 1.80. The van der Waals surface area contributed by atoms with E-state index in [1.807, 2.05) is 0 Å². The zero-order valence-corrected chi connectivity index (χ0v) is 9.37. The Hall–Kier alpha value is -0.520. The summed E-state index contributed by atoms with van der Waals surface area (Å²) in [6.07, 6.45) is 8.49. The van der Waals surface area contributed by atoms with E-state index in [4.69, 9.17) is 0 Å². The molecule has 1 nitrogen and oxygen atoms in total. The largest absolute Gasteiger partial charge is 0.292 e. The number of nitrogens with zero attached hydrogens (tertiary/aromatic N) is 1. The molecule has 14 heavy (non-hydrogen) atoms. The van der Waals surface area contributed by atoms with E-state index in [2.05, 4.69) is 36.6 Å². The highest BCUT2D eigenvalue weighted by Crippen LogP contribution is 2.32. The molecule has 0 aromatic heterocycles. The quantitative estimate of drug-likeness (QED) is 0.604. The fraction of sp³-hybridized carbons (Fsp3) is 0.769. The van der Waals surface area contributed by atoms with E-state index in [1.165, 1.54) is 32.4 Å². The molecule has 1 atom stereocenters. The van der Waals surface area contributed by atoms with E-state index < -0.39 is 0 Å².